The van der Waals surface area contributed by atoms with Crippen LogP contribution in [0.4, 0.5) is 0 Å². The fraction of sp³-hybridized carbons (Fsp3) is 0.250. The van der Waals surface area contributed by atoms with Crippen LogP contribution < -0.4 is 9.47 Å². The van der Waals surface area contributed by atoms with Crippen LogP contribution in [-0.2, 0) is 4.79 Å². The number of methoxy groups -OCH3 is 1. The van der Waals surface area contributed by atoms with Crippen molar-refractivity contribution in [3.63, 3.8) is 0 Å². The molecule has 0 aliphatic rings. The number of ether oxygens (including phenoxy) is 2. The van der Waals surface area contributed by atoms with Crippen LogP contribution in [0.15, 0.2) is 30.4 Å². The zero-order valence-corrected chi connectivity index (χ0v) is 11.5. The van der Waals surface area contributed by atoms with Crippen molar-refractivity contribution < 1.29 is 19.4 Å². The van der Waals surface area contributed by atoms with Gasteiger partial charge in [-0.15, -0.1) is 0 Å². The number of carboxylic acids is 1. The van der Waals surface area contributed by atoms with E-state index >= 15 is 0 Å². The molecule has 1 aromatic rings. The quantitative estimate of drug-likeness (QED) is 0.488. The standard InChI is InChI=1S/C12H13IO4/c1-16-10-6-4-5-9(13)12(10)17-8-3-2-7-11(14)15/h2,4-7H,3,8H2,1H3,(H,14,15)/b7-2+. The topological polar surface area (TPSA) is 55.8 Å². The normalized spacial score (nSPS) is 10.5. The first-order chi connectivity index (χ1) is 8.15. The maximum Gasteiger partial charge on any atom is 0.327 e. The van der Waals surface area contributed by atoms with E-state index in [2.05, 4.69) is 22.6 Å². The molecule has 0 amide bonds. The number of carbonyl (C=O) groups is 1. The first-order valence-corrected chi connectivity index (χ1v) is 6.07. The van der Waals surface area contributed by atoms with Gasteiger partial charge < -0.3 is 14.6 Å². The Kier molecular flexibility index (Phi) is 5.82. The number of rotatable bonds is 6. The molecule has 4 nitrogen and oxygen atoms in total. The molecular weight excluding hydrogens is 335 g/mol. The third-order valence-electron chi connectivity index (χ3n) is 1.94. The Morgan fingerprint density at radius 2 is 2.29 bits per heavy atom. The van der Waals surface area contributed by atoms with Crippen molar-refractivity contribution in [1.29, 1.82) is 0 Å². The van der Waals surface area contributed by atoms with Crippen molar-refractivity contribution in [2.24, 2.45) is 0 Å². The van der Waals surface area contributed by atoms with Crippen LogP contribution in [0, 0.1) is 3.57 Å². The van der Waals surface area contributed by atoms with Crippen LogP contribution in [0.1, 0.15) is 6.42 Å². The van der Waals surface area contributed by atoms with E-state index in [0.29, 0.717) is 24.5 Å². The lowest BCUT2D eigenvalue weighted by Crippen LogP contribution is -2.00. The van der Waals surface area contributed by atoms with Crippen molar-refractivity contribution in [3.05, 3.63) is 33.9 Å². The summed E-state index contributed by atoms with van der Waals surface area (Å²) in [5, 5.41) is 8.41. The van der Waals surface area contributed by atoms with E-state index in [-0.39, 0.29) is 0 Å². The Balaban J connectivity index is 2.54. The number of benzene rings is 1. The third kappa shape index (κ3) is 4.64. The predicted octanol–water partition coefficient (Wildman–Crippen LogP) is 2.71. The highest BCUT2D eigenvalue weighted by Crippen LogP contribution is 2.31. The average molecular weight is 348 g/mol. The van der Waals surface area contributed by atoms with E-state index in [9.17, 15) is 4.79 Å². The molecule has 0 spiro atoms. The number of hydrogen-bond donors (Lipinski definition) is 1. The van der Waals surface area contributed by atoms with Gasteiger partial charge in [-0.1, -0.05) is 12.1 Å². The second-order valence-corrected chi connectivity index (χ2v) is 4.31. The molecule has 0 unspecified atom stereocenters. The first kappa shape index (κ1) is 13.8. The van der Waals surface area contributed by atoms with Gasteiger partial charge in [0.25, 0.3) is 0 Å². The van der Waals surface area contributed by atoms with Gasteiger partial charge in [0.1, 0.15) is 0 Å². The van der Waals surface area contributed by atoms with Gasteiger partial charge in [0, 0.05) is 6.08 Å². The minimum Gasteiger partial charge on any atom is -0.493 e. The van der Waals surface area contributed by atoms with E-state index in [1.807, 2.05) is 18.2 Å². The monoisotopic (exact) mass is 348 g/mol. The summed E-state index contributed by atoms with van der Waals surface area (Å²) in [6, 6.07) is 5.63. The Bertz CT molecular complexity index is 415. The minimum atomic E-state index is -0.947. The number of hydrogen-bond acceptors (Lipinski definition) is 3. The van der Waals surface area contributed by atoms with Crippen LogP contribution in [0.2, 0.25) is 0 Å². The van der Waals surface area contributed by atoms with Crippen LogP contribution in [0.25, 0.3) is 0 Å². The molecule has 0 fully saturated rings. The molecule has 0 radical (unpaired) electrons. The van der Waals surface area contributed by atoms with Crippen molar-refractivity contribution in [1.82, 2.24) is 0 Å². The van der Waals surface area contributed by atoms with Crippen molar-refractivity contribution >= 4 is 28.6 Å². The molecule has 0 heterocycles. The zero-order valence-electron chi connectivity index (χ0n) is 9.35. The average Bonchev–Trinajstić information content (AvgIpc) is 2.30. The number of para-hydroxylation sites is 1. The zero-order chi connectivity index (χ0) is 12.7. The summed E-state index contributed by atoms with van der Waals surface area (Å²) in [5.41, 5.74) is 0. The second-order valence-electron chi connectivity index (χ2n) is 3.15. The lowest BCUT2D eigenvalue weighted by atomic mass is 10.3. The Labute approximate surface area is 113 Å². The molecule has 92 valence electrons. The van der Waals surface area contributed by atoms with Crippen molar-refractivity contribution in [3.8, 4) is 11.5 Å². The maximum absolute atomic E-state index is 10.2. The largest absolute Gasteiger partial charge is 0.493 e. The Hall–Kier alpha value is -1.24. The number of halogens is 1. The highest BCUT2D eigenvalue weighted by Gasteiger charge is 2.07. The Morgan fingerprint density at radius 3 is 2.94 bits per heavy atom. The number of carboxylic acid groups (broad SMARTS) is 1. The van der Waals surface area contributed by atoms with Gasteiger partial charge in [0.05, 0.1) is 17.3 Å². The summed E-state index contributed by atoms with van der Waals surface area (Å²) in [4.78, 5) is 10.2. The molecule has 1 N–H and O–H groups in total. The summed E-state index contributed by atoms with van der Waals surface area (Å²) >= 11 is 2.16. The molecule has 1 aromatic carbocycles. The predicted molar refractivity (Wildman–Crippen MR) is 72.6 cm³/mol. The molecule has 5 heteroatoms. The van der Waals surface area contributed by atoms with Gasteiger partial charge in [-0.3, -0.25) is 0 Å². The van der Waals surface area contributed by atoms with Crippen LogP contribution in [0.3, 0.4) is 0 Å². The first-order valence-electron chi connectivity index (χ1n) is 5.00. The van der Waals surface area contributed by atoms with E-state index < -0.39 is 5.97 Å². The summed E-state index contributed by atoms with van der Waals surface area (Å²) in [6.45, 7) is 0.417. The second kappa shape index (κ2) is 7.16. The summed E-state index contributed by atoms with van der Waals surface area (Å²) in [5.74, 6) is 0.426. The maximum atomic E-state index is 10.2. The SMILES string of the molecule is COc1cccc(I)c1OCC/C=C/C(=O)O. The molecule has 0 atom stereocenters. The molecule has 0 saturated heterocycles. The molecule has 0 aliphatic heterocycles. The molecule has 0 aliphatic carbocycles. The van der Waals surface area contributed by atoms with E-state index in [1.165, 1.54) is 0 Å². The minimum absolute atomic E-state index is 0.417. The van der Waals surface area contributed by atoms with Gasteiger partial charge in [0.15, 0.2) is 11.5 Å². The summed E-state index contributed by atoms with van der Waals surface area (Å²) < 4.78 is 11.7. The van der Waals surface area contributed by atoms with Gasteiger partial charge in [-0.25, -0.2) is 4.79 Å². The summed E-state index contributed by atoms with van der Waals surface area (Å²) in [6.07, 6.45) is 3.21. The van der Waals surface area contributed by atoms with E-state index in [1.54, 1.807) is 13.2 Å². The molecule has 1 rings (SSSR count). The lowest BCUT2D eigenvalue weighted by Gasteiger charge is -2.11. The smallest absolute Gasteiger partial charge is 0.327 e. The lowest BCUT2D eigenvalue weighted by molar-refractivity contribution is -0.131. The molecule has 0 bridgehead atoms. The third-order valence-corrected chi connectivity index (χ3v) is 2.79. The highest BCUT2D eigenvalue weighted by atomic mass is 127. The van der Waals surface area contributed by atoms with Crippen LogP contribution in [0.5, 0.6) is 11.5 Å². The molecule has 0 aromatic heterocycles. The molecule has 17 heavy (non-hydrogen) atoms. The highest BCUT2D eigenvalue weighted by molar-refractivity contribution is 14.1. The van der Waals surface area contributed by atoms with Gasteiger partial charge >= 0.3 is 5.97 Å². The number of aliphatic carboxylic acids is 1. The van der Waals surface area contributed by atoms with E-state index in [0.717, 1.165) is 9.65 Å². The van der Waals surface area contributed by atoms with Gasteiger partial charge in [-0.2, -0.15) is 0 Å². The fourth-order valence-electron chi connectivity index (χ4n) is 1.20. The van der Waals surface area contributed by atoms with Crippen LogP contribution in [-0.4, -0.2) is 24.8 Å². The van der Waals surface area contributed by atoms with Gasteiger partial charge in [-0.05, 0) is 41.1 Å². The van der Waals surface area contributed by atoms with Gasteiger partial charge in [0.2, 0.25) is 0 Å². The summed E-state index contributed by atoms with van der Waals surface area (Å²) in [7, 11) is 1.59. The molecular formula is C12H13IO4. The van der Waals surface area contributed by atoms with Crippen molar-refractivity contribution in [2.75, 3.05) is 13.7 Å². The molecule has 0 saturated carbocycles. The fourth-order valence-corrected chi connectivity index (χ4v) is 1.83. The van der Waals surface area contributed by atoms with Crippen molar-refractivity contribution in [2.45, 2.75) is 6.42 Å². The van der Waals surface area contributed by atoms with E-state index in [4.69, 9.17) is 14.6 Å². The Morgan fingerprint density at radius 1 is 1.53 bits per heavy atom. The van der Waals surface area contributed by atoms with Crippen LogP contribution >= 0.6 is 22.6 Å².